The Morgan fingerprint density at radius 1 is 1.08 bits per heavy atom. The molecule has 0 aliphatic carbocycles. The van der Waals surface area contributed by atoms with Gasteiger partial charge in [-0.25, -0.2) is 0 Å². The molecule has 1 aliphatic heterocycles. The first kappa shape index (κ1) is 25.2. The molecule has 0 saturated carbocycles. The Morgan fingerprint density at radius 2 is 1.89 bits per heavy atom. The molecule has 1 fully saturated rings. The number of aliphatic hydroxyl groups is 1. The third-order valence-corrected chi connectivity index (χ3v) is 7.62. The summed E-state index contributed by atoms with van der Waals surface area (Å²) in [5, 5.41) is 12.4. The van der Waals surface area contributed by atoms with Gasteiger partial charge in [-0.05, 0) is 73.7 Å². The fourth-order valence-corrected chi connectivity index (χ4v) is 5.14. The second-order valence-corrected chi connectivity index (χ2v) is 10.4. The number of hydrogen-bond donors (Lipinski definition) is 1. The molecule has 5 rings (SSSR count). The lowest BCUT2D eigenvalue weighted by molar-refractivity contribution is -0.0276. The number of rotatable bonds is 7. The minimum absolute atomic E-state index is 0.160. The molecular weight excluding hydrogens is 462 g/mol. The number of piperidine rings is 1. The average molecular weight is 498 g/mol. The van der Waals surface area contributed by atoms with Crippen molar-refractivity contribution in [3.05, 3.63) is 101 Å². The maximum atomic E-state index is 13.0. The predicted octanol–water partition coefficient (Wildman–Crippen LogP) is 5.24. The molecule has 0 atom stereocenters. The molecule has 1 aliphatic rings. The van der Waals surface area contributed by atoms with Gasteiger partial charge >= 0.3 is 0 Å². The molecule has 2 aromatic carbocycles. The molecule has 2 aromatic heterocycles. The number of carbonyl (C=O) groups is 1. The summed E-state index contributed by atoms with van der Waals surface area (Å²) >= 11 is 0. The van der Waals surface area contributed by atoms with E-state index in [0.717, 1.165) is 36.3 Å². The lowest BCUT2D eigenvalue weighted by Crippen LogP contribution is -2.42. The highest BCUT2D eigenvalue weighted by molar-refractivity contribution is 5.96. The van der Waals surface area contributed by atoms with Gasteiger partial charge in [0, 0.05) is 56.9 Å². The molecular formula is C31H35N3O3. The van der Waals surface area contributed by atoms with Crippen LogP contribution in [0.5, 0.6) is 0 Å². The molecule has 37 heavy (non-hydrogen) atoms. The second-order valence-electron chi connectivity index (χ2n) is 10.4. The third-order valence-electron chi connectivity index (χ3n) is 7.62. The number of nitrogens with zero attached hydrogens (tertiary/aromatic N) is 3. The van der Waals surface area contributed by atoms with E-state index < -0.39 is 5.60 Å². The van der Waals surface area contributed by atoms with Crippen LogP contribution in [0.15, 0.2) is 71.3 Å². The lowest BCUT2D eigenvalue weighted by Gasteiger charge is -2.38. The van der Waals surface area contributed by atoms with Crippen LogP contribution >= 0.6 is 0 Å². The van der Waals surface area contributed by atoms with E-state index in [2.05, 4.69) is 41.9 Å². The van der Waals surface area contributed by atoms with E-state index in [9.17, 15) is 9.90 Å². The molecule has 0 bridgehead atoms. The molecule has 0 spiro atoms. The zero-order chi connectivity index (χ0) is 26.0. The molecule has 1 N–H and O–H groups in total. The number of benzene rings is 2. The summed E-state index contributed by atoms with van der Waals surface area (Å²) in [6, 6.07) is 20.0. The van der Waals surface area contributed by atoms with E-state index in [4.69, 9.17) is 4.42 Å². The van der Waals surface area contributed by atoms with E-state index in [-0.39, 0.29) is 5.91 Å². The number of amides is 1. The minimum atomic E-state index is -0.882. The van der Waals surface area contributed by atoms with Crippen LogP contribution in [0, 0.1) is 13.8 Å². The standard InChI is InChI=1S/C31H35N3O3/c1-22-7-8-23(2)25(18-22)21-34-16-12-31(36,13-17-34)26-9-10-28-24(19-26)20-29(37-28)30(35)33(3)15-11-27-6-4-5-14-32-27/h4-10,14,18-20,36H,11-13,15-17,21H2,1-3H3. The smallest absolute Gasteiger partial charge is 0.289 e. The Labute approximate surface area is 218 Å². The molecule has 192 valence electrons. The van der Waals surface area contributed by atoms with Crippen molar-refractivity contribution in [2.75, 3.05) is 26.7 Å². The molecule has 0 unspecified atom stereocenters. The van der Waals surface area contributed by atoms with Gasteiger partial charge in [-0.1, -0.05) is 35.9 Å². The number of aromatic nitrogens is 1. The lowest BCUT2D eigenvalue weighted by atomic mass is 9.84. The van der Waals surface area contributed by atoms with Crippen molar-refractivity contribution in [2.45, 2.75) is 45.3 Å². The van der Waals surface area contributed by atoms with E-state index >= 15 is 0 Å². The van der Waals surface area contributed by atoms with E-state index in [1.807, 2.05) is 36.4 Å². The Balaban J connectivity index is 1.24. The number of likely N-dealkylation sites (tertiary alicyclic amines) is 1. The molecule has 1 saturated heterocycles. The summed E-state index contributed by atoms with van der Waals surface area (Å²) in [7, 11) is 1.78. The van der Waals surface area contributed by atoms with E-state index in [0.29, 0.717) is 37.2 Å². The summed E-state index contributed by atoms with van der Waals surface area (Å²) in [6.07, 6.45) is 3.78. The molecule has 0 radical (unpaired) electrons. The monoisotopic (exact) mass is 497 g/mol. The fraction of sp³-hybridized carbons (Fsp3) is 0.355. The minimum Gasteiger partial charge on any atom is -0.451 e. The average Bonchev–Trinajstić information content (AvgIpc) is 3.34. The quantitative estimate of drug-likeness (QED) is 0.378. The molecule has 1 amide bonds. The SMILES string of the molecule is Cc1ccc(C)c(CN2CCC(O)(c3ccc4oc(C(=O)N(C)CCc5ccccn5)cc4c3)CC2)c1. The van der Waals surface area contributed by atoms with Crippen LogP contribution in [-0.4, -0.2) is 52.5 Å². The normalized spacial score (nSPS) is 15.7. The van der Waals surface area contributed by atoms with Gasteiger partial charge in [0.1, 0.15) is 5.58 Å². The summed E-state index contributed by atoms with van der Waals surface area (Å²) < 4.78 is 5.89. The van der Waals surface area contributed by atoms with Crippen LogP contribution in [-0.2, 0) is 18.6 Å². The fourth-order valence-electron chi connectivity index (χ4n) is 5.14. The van der Waals surface area contributed by atoms with Gasteiger partial charge < -0.3 is 14.4 Å². The van der Waals surface area contributed by atoms with Gasteiger partial charge in [0.25, 0.3) is 5.91 Å². The first-order chi connectivity index (χ1) is 17.8. The number of carbonyl (C=O) groups excluding carboxylic acids is 1. The predicted molar refractivity (Wildman–Crippen MR) is 145 cm³/mol. The number of furan rings is 1. The number of pyridine rings is 1. The second kappa shape index (κ2) is 10.5. The third kappa shape index (κ3) is 5.60. The van der Waals surface area contributed by atoms with Gasteiger partial charge in [-0.2, -0.15) is 0 Å². The van der Waals surface area contributed by atoms with Crippen molar-refractivity contribution in [2.24, 2.45) is 0 Å². The van der Waals surface area contributed by atoms with E-state index in [1.165, 1.54) is 16.7 Å². The van der Waals surface area contributed by atoms with Crippen LogP contribution < -0.4 is 0 Å². The number of aryl methyl sites for hydroxylation is 2. The first-order valence-electron chi connectivity index (χ1n) is 13.0. The highest BCUT2D eigenvalue weighted by atomic mass is 16.3. The highest BCUT2D eigenvalue weighted by Crippen LogP contribution is 2.35. The Morgan fingerprint density at radius 3 is 2.65 bits per heavy atom. The van der Waals surface area contributed by atoms with Gasteiger partial charge in [-0.3, -0.25) is 14.7 Å². The summed E-state index contributed by atoms with van der Waals surface area (Å²) in [5.41, 5.74) is 5.55. The maximum Gasteiger partial charge on any atom is 0.289 e. The zero-order valence-corrected chi connectivity index (χ0v) is 21.9. The summed E-state index contributed by atoms with van der Waals surface area (Å²) in [5.74, 6) is 0.151. The Hall–Kier alpha value is -3.48. The Kier molecular flexibility index (Phi) is 7.13. The van der Waals surface area contributed by atoms with Crippen molar-refractivity contribution >= 4 is 16.9 Å². The van der Waals surface area contributed by atoms with Crippen LogP contribution in [0.4, 0.5) is 0 Å². The molecule has 6 nitrogen and oxygen atoms in total. The van der Waals surface area contributed by atoms with Crippen molar-refractivity contribution in [3.63, 3.8) is 0 Å². The number of likely N-dealkylation sites (N-methyl/N-ethyl adjacent to an activating group) is 1. The van der Waals surface area contributed by atoms with Gasteiger partial charge in [0.2, 0.25) is 0 Å². The summed E-state index contributed by atoms with van der Waals surface area (Å²) in [4.78, 5) is 21.4. The van der Waals surface area contributed by atoms with E-state index in [1.54, 1.807) is 24.2 Å². The Bertz CT molecular complexity index is 1390. The van der Waals surface area contributed by atoms with Crippen LogP contribution in [0.3, 0.4) is 0 Å². The van der Waals surface area contributed by atoms with Crippen molar-refractivity contribution < 1.29 is 14.3 Å². The van der Waals surface area contributed by atoms with Crippen molar-refractivity contribution in [3.8, 4) is 0 Å². The van der Waals surface area contributed by atoms with Crippen LogP contribution in [0.2, 0.25) is 0 Å². The topological polar surface area (TPSA) is 69.8 Å². The zero-order valence-electron chi connectivity index (χ0n) is 21.9. The summed E-state index contributed by atoms with van der Waals surface area (Å²) in [6.45, 7) is 7.41. The van der Waals surface area contributed by atoms with Gasteiger partial charge in [0.15, 0.2) is 5.76 Å². The largest absolute Gasteiger partial charge is 0.451 e. The highest BCUT2D eigenvalue weighted by Gasteiger charge is 2.34. The molecule has 3 heterocycles. The van der Waals surface area contributed by atoms with Crippen molar-refractivity contribution in [1.29, 1.82) is 0 Å². The van der Waals surface area contributed by atoms with Gasteiger partial charge in [-0.15, -0.1) is 0 Å². The van der Waals surface area contributed by atoms with Crippen LogP contribution in [0.1, 0.15) is 51.3 Å². The maximum absolute atomic E-state index is 13.0. The van der Waals surface area contributed by atoms with Gasteiger partial charge in [0.05, 0.1) is 5.60 Å². The van der Waals surface area contributed by atoms with Crippen LogP contribution in [0.25, 0.3) is 11.0 Å². The van der Waals surface area contributed by atoms with Crippen molar-refractivity contribution in [1.82, 2.24) is 14.8 Å². The molecule has 6 heteroatoms. The number of fused-ring (bicyclic) bond motifs is 1. The number of hydrogen-bond acceptors (Lipinski definition) is 5. The first-order valence-corrected chi connectivity index (χ1v) is 13.0. The molecule has 4 aromatic rings.